The molecule has 3 aromatic rings. The lowest BCUT2D eigenvalue weighted by molar-refractivity contribution is -0.114. The highest BCUT2D eigenvalue weighted by Gasteiger charge is 2.09. The van der Waals surface area contributed by atoms with E-state index in [1.54, 1.807) is 24.3 Å². The van der Waals surface area contributed by atoms with Crippen molar-refractivity contribution in [3.8, 4) is 0 Å². The van der Waals surface area contributed by atoms with Crippen molar-refractivity contribution in [3.05, 3.63) is 72.3 Å². The third-order valence-corrected chi connectivity index (χ3v) is 3.48. The largest absolute Gasteiger partial charge is 0.326 e. The van der Waals surface area contributed by atoms with Crippen LogP contribution < -0.4 is 10.6 Å². The van der Waals surface area contributed by atoms with Gasteiger partial charge < -0.3 is 10.6 Å². The quantitative estimate of drug-likeness (QED) is 0.767. The zero-order chi connectivity index (χ0) is 16.2. The summed E-state index contributed by atoms with van der Waals surface area (Å²) in [7, 11) is 0. The Bertz CT molecular complexity index is 882. The van der Waals surface area contributed by atoms with E-state index in [1.165, 1.54) is 6.92 Å². The molecule has 114 valence electrons. The van der Waals surface area contributed by atoms with Gasteiger partial charge in [0.2, 0.25) is 5.91 Å². The zero-order valence-electron chi connectivity index (χ0n) is 12.7. The van der Waals surface area contributed by atoms with E-state index >= 15 is 0 Å². The minimum atomic E-state index is -0.214. The third-order valence-electron chi connectivity index (χ3n) is 3.48. The maximum absolute atomic E-state index is 12.5. The standard InChI is InChI=1S/C19H16N2O2/c1-13(22)20-16-9-4-8-15(12-16)19(23)21-18-11-5-7-14-6-2-3-10-17(14)18/h2-12H,1H3,(H,20,22)(H,21,23). The summed E-state index contributed by atoms with van der Waals surface area (Å²) in [6.07, 6.45) is 0. The Morgan fingerprint density at radius 2 is 1.57 bits per heavy atom. The summed E-state index contributed by atoms with van der Waals surface area (Å²) in [5, 5.41) is 7.66. The molecule has 0 saturated heterocycles. The number of carbonyl (C=O) groups is 2. The number of hydrogen-bond acceptors (Lipinski definition) is 2. The average Bonchev–Trinajstić information content (AvgIpc) is 2.55. The SMILES string of the molecule is CC(=O)Nc1cccc(C(=O)Nc2cccc3ccccc23)c1. The molecule has 0 bridgehead atoms. The van der Waals surface area contributed by atoms with E-state index in [4.69, 9.17) is 0 Å². The van der Waals surface area contributed by atoms with E-state index in [9.17, 15) is 9.59 Å². The van der Waals surface area contributed by atoms with Crippen LogP contribution in [0.2, 0.25) is 0 Å². The van der Waals surface area contributed by atoms with Gasteiger partial charge >= 0.3 is 0 Å². The fourth-order valence-corrected chi connectivity index (χ4v) is 2.47. The van der Waals surface area contributed by atoms with E-state index in [1.807, 2.05) is 42.5 Å². The third kappa shape index (κ3) is 3.37. The summed E-state index contributed by atoms with van der Waals surface area (Å²) in [6, 6.07) is 20.5. The zero-order valence-corrected chi connectivity index (χ0v) is 12.7. The predicted octanol–water partition coefficient (Wildman–Crippen LogP) is 4.05. The van der Waals surface area contributed by atoms with Gasteiger partial charge in [-0.3, -0.25) is 9.59 Å². The van der Waals surface area contributed by atoms with Crippen LogP contribution in [0.4, 0.5) is 11.4 Å². The maximum atomic E-state index is 12.5. The van der Waals surface area contributed by atoms with Gasteiger partial charge in [0.25, 0.3) is 5.91 Å². The van der Waals surface area contributed by atoms with Gasteiger partial charge in [0, 0.05) is 29.2 Å². The van der Waals surface area contributed by atoms with Crippen LogP contribution in [0, 0.1) is 0 Å². The molecule has 0 unspecified atom stereocenters. The van der Waals surface area contributed by atoms with Crippen molar-refractivity contribution in [2.75, 3.05) is 10.6 Å². The Morgan fingerprint density at radius 3 is 2.39 bits per heavy atom. The van der Waals surface area contributed by atoms with Crippen LogP contribution >= 0.6 is 0 Å². The molecule has 3 rings (SSSR count). The monoisotopic (exact) mass is 304 g/mol. The minimum Gasteiger partial charge on any atom is -0.326 e. The molecule has 0 spiro atoms. The molecule has 0 aliphatic heterocycles. The summed E-state index contributed by atoms with van der Waals surface area (Å²) >= 11 is 0. The molecule has 0 aliphatic rings. The lowest BCUT2D eigenvalue weighted by Crippen LogP contribution is -2.13. The second-order valence-electron chi connectivity index (χ2n) is 5.24. The van der Waals surface area contributed by atoms with E-state index < -0.39 is 0 Å². The normalized spacial score (nSPS) is 10.3. The molecule has 0 saturated carbocycles. The first-order valence-corrected chi connectivity index (χ1v) is 7.30. The lowest BCUT2D eigenvalue weighted by Gasteiger charge is -2.10. The van der Waals surface area contributed by atoms with E-state index in [0.29, 0.717) is 11.3 Å². The fraction of sp³-hybridized carbons (Fsp3) is 0.0526. The van der Waals surface area contributed by atoms with Gasteiger partial charge in [0.1, 0.15) is 0 Å². The Hall–Kier alpha value is -3.14. The summed E-state index contributed by atoms with van der Waals surface area (Å²) in [5.41, 5.74) is 1.85. The number of amides is 2. The number of fused-ring (bicyclic) bond motifs is 1. The van der Waals surface area contributed by atoms with E-state index in [2.05, 4.69) is 10.6 Å². The average molecular weight is 304 g/mol. The van der Waals surface area contributed by atoms with Gasteiger partial charge in [-0.25, -0.2) is 0 Å². The van der Waals surface area contributed by atoms with Crippen LogP contribution in [0.25, 0.3) is 10.8 Å². The Kier molecular flexibility index (Phi) is 4.06. The number of nitrogens with one attached hydrogen (secondary N) is 2. The van der Waals surface area contributed by atoms with Gasteiger partial charge in [0.05, 0.1) is 0 Å². The molecule has 0 aliphatic carbocycles. The molecule has 0 heterocycles. The van der Waals surface area contributed by atoms with E-state index in [-0.39, 0.29) is 11.8 Å². The second kappa shape index (κ2) is 6.32. The van der Waals surface area contributed by atoms with Gasteiger partial charge in [-0.15, -0.1) is 0 Å². The minimum absolute atomic E-state index is 0.170. The summed E-state index contributed by atoms with van der Waals surface area (Å²) in [5.74, 6) is -0.384. The number of benzene rings is 3. The predicted molar refractivity (Wildman–Crippen MR) is 92.6 cm³/mol. The van der Waals surface area contributed by atoms with Crippen LogP contribution in [-0.2, 0) is 4.79 Å². The van der Waals surface area contributed by atoms with Gasteiger partial charge in [-0.2, -0.15) is 0 Å². The van der Waals surface area contributed by atoms with Crippen molar-refractivity contribution in [1.82, 2.24) is 0 Å². The molecule has 4 heteroatoms. The van der Waals surface area contributed by atoms with Crippen LogP contribution in [-0.4, -0.2) is 11.8 Å². The van der Waals surface area contributed by atoms with E-state index in [0.717, 1.165) is 16.5 Å². The number of rotatable bonds is 3. The molecule has 3 aromatic carbocycles. The van der Waals surface area contributed by atoms with Crippen LogP contribution in [0.15, 0.2) is 66.7 Å². The van der Waals surface area contributed by atoms with Gasteiger partial charge in [-0.05, 0) is 29.7 Å². The van der Waals surface area contributed by atoms with Crippen LogP contribution in [0.1, 0.15) is 17.3 Å². The van der Waals surface area contributed by atoms with Gasteiger partial charge in [-0.1, -0.05) is 42.5 Å². The first kappa shape index (κ1) is 14.8. The van der Waals surface area contributed by atoms with Crippen molar-refractivity contribution < 1.29 is 9.59 Å². The molecule has 2 N–H and O–H groups in total. The highest BCUT2D eigenvalue weighted by atomic mass is 16.2. The summed E-state index contributed by atoms with van der Waals surface area (Å²) in [6.45, 7) is 1.43. The fourth-order valence-electron chi connectivity index (χ4n) is 2.47. The van der Waals surface area contributed by atoms with Crippen LogP contribution in [0.5, 0.6) is 0 Å². The first-order valence-electron chi connectivity index (χ1n) is 7.30. The maximum Gasteiger partial charge on any atom is 0.255 e. The molecule has 2 amide bonds. The smallest absolute Gasteiger partial charge is 0.255 e. The first-order chi connectivity index (χ1) is 11.1. The topological polar surface area (TPSA) is 58.2 Å². The molecule has 0 fully saturated rings. The molecule has 23 heavy (non-hydrogen) atoms. The van der Waals surface area contributed by atoms with Crippen molar-refractivity contribution in [3.63, 3.8) is 0 Å². The van der Waals surface area contributed by atoms with Crippen molar-refractivity contribution >= 4 is 34.0 Å². The lowest BCUT2D eigenvalue weighted by atomic mass is 10.1. The van der Waals surface area contributed by atoms with Crippen LogP contribution in [0.3, 0.4) is 0 Å². The Balaban J connectivity index is 1.88. The highest BCUT2D eigenvalue weighted by Crippen LogP contribution is 2.23. The van der Waals surface area contributed by atoms with Crippen molar-refractivity contribution in [2.45, 2.75) is 6.92 Å². The summed E-state index contributed by atoms with van der Waals surface area (Å²) < 4.78 is 0. The molecule has 0 atom stereocenters. The Labute approximate surface area is 134 Å². The number of carbonyl (C=O) groups excluding carboxylic acids is 2. The molecule has 0 radical (unpaired) electrons. The number of hydrogen-bond donors (Lipinski definition) is 2. The highest BCUT2D eigenvalue weighted by molar-refractivity contribution is 6.09. The molecule has 4 nitrogen and oxygen atoms in total. The second-order valence-corrected chi connectivity index (χ2v) is 5.24. The summed E-state index contributed by atoms with van der Waals surface area (Å²) in [4.78, 5) is 23.6. The number of anilines is 2. The molecular formula is C19H16N2O2. The molecular weight excluding hydrogens is 288 g/mol. The van der Waals surface area contributed by atoms with Gasteiger partial charge in [0.15, 0.2) is 0 Å². The Morgan fingerprint density at radius 1 is 0.826 bits per heavy atom. The van der Waals surface area contributed by atoms with Crippen molar-refractivity contribution in [1.29, 1.82) is 0 Å². The molecule has 0 aromatic heterocycles. The van der Waals surface area contributed by atoms with Crippen molar-refractivity contribution in [2.24, 2.45) is 0 Å².